The highest BCUT2D eigenvalue weighted by Gasteiger charge is 2.25. The lowest BCUT2D eigenvalue weighted by Gasteiger charge is -2.32. The van der Waals surface area contributed by atoms with Gasteiger partial charge in [0.05, 0.1) is 17.4 Å². The largest absolute Gasteiger partial charge is 0.341 e. The van der Waals surface area contributed by atoms with E-state index in [0.717, 1.165) is 38.0 Å². The minimum atomic E-state index is -0.421. The van der Waals surface area contributed by atoms with Gasteiger partial charge in [-0.1, -0.05) is 0 Å². The summed E-state index contributed by atoms with van der Waals surface area (Å²) in [4.78, 5) is 18.4. The number of aromatic nitrogens is 2. The van der Waals surface area contributed by atoms with Crippen LogP contribution in [0, 0.1) is 19.8 Å². The van der Waals surface area contributed by atoms with E-state index in [1.165, 1.54) is 16.6 Å². The molecule has 1 fully saturated rings. The van der Waals surface area contributed by atoms with Crippen LogP contribution >= 0.6 is 11.6 Å². The van der Waals surface area contributed by atoms with Crippen molar-refractivity contribution >= 4 is 28.5 Å². The second kappa shape index (κ2) is 6.52. The van der Waals surface area contributed by atoms with Crippen LogP contribution in [-0.2, 0) is 11.3 Å². The summed E-state index contributed by atoms with van der Waals surface area (Å²) in [6, 6.07) is 4.38. The first-order valence-electron chi connectivity index (χ1n) is 8.30. The van der Waals surface area contributed by atoms with E-state index >= 15 is 0 Å². The number of fused-ring (bicyclic) bond motifs is 1. The van der Waals surface area contributed by atoms with Gasteiger partial charge in [-0.15, -0.1) is 11.6 Å². The van der Waals surface area contributed by atoms with Gasteiger partial charge in [-0.05, 0) is 62.8 Å². The molecule has 1 aliphatic rings. The van der Waals surface area contributed by atoms with Crippen LogP contribution in [0.15, 0.2) is 18.5 Å². The van der Waals surface area contributed by atoms with Gasteiger partial charge in [-0.3, -0.25) is 4.79 Å². The number of likely N-dealkylation sites (tertiary alicyclic amines) is 1. The highest BCUT2D eigenvalue weighted by Crippen LogP contribution is 2.24. The first-order chi connectivity index (χ1) is 11.0. The van der Waals surface area contributed by atoms with Crippen molar-refractivity contribution in [3.05, 3.63) is 29.6 Å². The topological polar surface area (TPSA) is 38.1 Å². The van der Waals surface area contributed by atoms with E-state index in [0.29, 0.717) is 5.92 Å². The first kappa shape index (κ1) is 16.3. The number of hydrogen-bond donors (Lipinski definition) is 0. The van der Waals surface area contributed by atoms with Crippen LogP contribution in [0.2, 0.25) is 0 Å². The third-order valence-corrected chi connectivity index (χ3v) is 5.14. The van der Waals surface area contributed by atoms with Gasteiger partial charge < -0.3 is 9.47 Å². The molecular formula is C18H24ClN3O. The number of carbonyl (C=O) groups excluding carboxylic acids is 1. The molecule has 4 nitrogen and oxygen atoms in total. The van der Waals surface area contributed by atoms with E-state index in [1.54, 1.807) is 6.92 Å². The van der Waals surface area contributed by atoms with Gasteiger partial charge in [0.25, 0.3) is 0 Å². The molecule has 0 bridgehead atoms. The standard InChI is InChI=1S/C18H24ClN3O/c1-12-8-16-17(9-13(12)2)22(11-20-16)10-15-4-6-21(7-5-15)18(23)14(3)19/h8-9,11,14-15H,4-7,10H2,1-3H3. The summed E-state index contributed by atoms with van der Waals surface area (Å²) in [5, 5.41) is -0.421. The number of imidazole rings is 1. The maximum absolute atomic E-state index is 11.9. The van der Waals surface area contributed by atoms with Crippen molar-refractivity contribution in [2.75, 3.05) is 13.1 Å². The van der Waals surface area contributed by atoms with Crippen LogP contribution in [0.3, 0.4) is 0 Å². The Morgan fingerprint density at radius 3 is 2.61 bits per heavy atom. The van der Waals surface area contributed by atoms with Crippen molar-refractivity contribution in [1.82, 2.24) is 14.5 Å². The van der Waals surface area contributed by atoms with E-state index < -0.39 is 5.38 Å². The summed E-state index contributed by atoms with van der Waals surface area (Å²) >= 11 is 5.90. The summed E-state index contributed by atoms with van der Waals surface area (Å²) < 4.78 is 2.26. The molecule has 1 saturated heterocycles. The molecule has 0 saturated carbocycles. The summed E-state index contributed by atoms with van der Waals surface area (Å²) in [7, 11) is 0. The molecule has 124 valence electrons. The Balaban J connectivity index is 1.67. The smallest absolute Gasteiger partial charge is 0.240 e. The maximum atomic E-state index is 11.9. The fourth-order valence-electron chi connectivity index (χ4n) is 3.32. The first-order valence-corrected chi connectivity index (χ1v) is 8.74. The lowest BCUT2D eigenvalue weighted by atomic mass is 9.96. The Labute approximate surface area is 142 Å². The van der Waals surface area contributed by atoms with Crippen LogP contribution < -0.4 is 0 Å². The molecule has 2 aromatic rings. The zero-order valence-electron chi connectivity index (χ0n) is 14.1. The Bertz CT molecular complexity index is 714. The van der Waals surface area contributed by atoms with E-state index in [9.17, 15) is 4.79 Å². The molecule has 5 heteroatoms. The van der Waals surface area contributed by atoms with Gasteiger partial charge in [0.2, 0.25) is 5.91 Å². The summed E-state index contributed by atoms with van der Waals surface area (Å²) in [5.74, 6) is 0.646. The third kappa shape index (κ3) is 3.37. The zero-order chi connectivity index (χ0) is 16.6. The number of aryl methyl sites for hydroxylation is 2. The highest BCUT2D eigenvalue weighted by molar-refractivity contribution is 6.30. The van der Waals surface area contributed by atoms with Gasteiger partial charge in [0.1, 0.15) is 5.38 Å². The Morgan fingerprint density at radius 2 is 1.96 bits per heavy atom. The molecule has 2 heterocycles. The summed E-state index contributed by atoms with van der Waals surface area (Å²) in [6.07, 6.45) is 4.00. The molecule has 1 aliphatic heterocycles. The lowest BCUT2D eigenvalue weighted by molar-refractivity contribution is -0.131. The third-order valence-electron chi connectivity index (χ3n) is 4.96. The lowest BCUT2D eigenvalue weighted by Crippen LogP contribution is -2.42. The molecule has 0 radical (unpaired) electrons. The van der Waals surface area contributed by atoms with Gasteiger partial charge in [0.15, 0.2) is 0 Å². The quantitative estimate of drug-likeness (QED) is 0.806. The fourth-order valence-corrected chi connectivity index (χ4v) is 3.46. The van der Waals surface area contributed by atoms with Crippen molar-refractivity contribution < 1.29 is 4.79 Å². The van der Waals surface area contributed by atoms with E-state index in [4.69, 9.17) is 11.6 Å². The molecule has 0 aliphatic carbocycles. The second-order valence-electron chi connectivity index (χ2n) is 6.71. The SMILES string of the molecule is Cc1cc2ncn(CC3CCN(C(=O)C(C)Cl)CC3)c2cc1C. The molecule has 1 unspecified atom stereocenters. The van der Waals surface area contributed by atoms with Crippen LogP contribution in [0.5, 0.6) is 0 Å². The molecule has 0 spiro atoms. The predicted molar refractivity (Wildman–Crippen MR) is 93.8 cm³/mol. The van der Waals surface area contributed by atoms with Gasteiger partial charge in [-0.25, -0.2) is 4.98 Å². The Morgan fingerprint density at radius 1 is 1.30 bits per heavy atom. The molecule has 1 atom stereocenters. The number of nitrogens with zero attached hydrogens (tertiary/aromatic N) is 3. The van der Waals surface area contributed by atoms with Crippen molar-refractivity contribution in [2.24, 2.45) is 5.92 Å². The fraction of sp³-hybridized carbons (Fsp3) is 0.556. The Hall–Kier alpha value is -1.55. The average molecular weight is 334 g/mol. The molecule has 1 aromatic carbocycles. The predicted octanol–water partition coefficient (Wildman–Crippen LogP) is 3.52. The normalized spacial score (nSPS) is 17.7. The number of halogens is 1. The van der Waals surface area contributed by atoms with Crippen LogP contribution in [0.4, 0.5) is 0 Å². The molecule has 1 amide bonds. The Kier molecular flexibility index (Phi) is 4.62. The van der Waals surface area contributed by atoms with E-state index in [2.05, 4.69) is 35.5 Å². The number of piperidine rings is 1. The van der Waals surface area contributed by atoms with Gasteiger partial charge in [0, 0.05) is 19.6 Å². The number of amides is 1. The highest BCUT2D eigenvalue weighted by atomic mass is 35.5. The molecule has 23 heavy (non-hydrogen) atoms. The minimum Gasteiger partial charge on any atom is -0.341 e. The number of benzene rings is 1. The van der Waals surface area contributed by atoms with Crippen molar-refractivity contribution in [3.63, 3.8) is 0 Å². The van der Waals surface area contributed by atoms with E-state index in [-0.39, 0.29) is 5.91 Å². The number of rotatable bonds is 3. The van der Waals surface area contributed by atoms with Crippen molar-refractivity contribution in [1.29, 1.82) is 0 Å². The second-order valence-corrected chi connectivity index (χ2v) is 7.36. The van der Waals surface area contributed by atoms with E-state index in [1.807, 2.05) is 11.2 Å². The van der Waals surface area contributed by atoms with Crippen LogP contribution in [0.1, 0.15) is 30.9 Å². The van der Waals surface area contributed by atoms with Gasteiger partial charge >= 0.3 is 0 Å². The van der Waals surface area contributed by atoms with Crippen LogP contribution in [-0.4, -0.2) is 38.8 Å². The number of alkyl halides is 1. The zero-order valence-corrected chi connectivity index (χ0v) is 14.8. The summed E-state index contributed by atoms with van der Waals surface area (Å²) in [6.45, 7) is 8.61. The average Bonchev–Trinajstić information content (AvgIpc) is 2.90. The monoisotopic (exact) mass is 333 g/mol. The van der Waals surface area contributed by atoms with Crippen molar-refractivity contribution in [3.8, 4) is 0 Å². The van der Waals surface area contributed by atoms with Crippen LogP contribution in [0.25, 0.3) is 11.0 Å². The summed E-state index contributed by atoms with van der Waals surface area (Å²) in [5.41, 5.74) is 4.86. The molecular weight excluding hydrogens is 310 g/mol. The van der Waals surface area contributed by atoms with Gasteiger partial charge in [-0.2, -0.15) is 0 Å². The molecule has 3 rings (SSSR count). The van der Waals surface area contributed by atoms with Crippen molar-refractivity contribution in [2.45, 2.75) is 45.5 Å². The number of carbonyl (C=O) groups is 1. The molecule has 1 aromatic heterocycles. The minimum absolute atomic E-state index is 0.0595. The number of hydrogen-bond acceptors (Lipinski definition) is 2. The molecule has 0 N–H and O–H groups in total. The maximum Gasteiger partial charge on any atom is 0.240 e.